The maximum Gasteiger partial charge on any atom is 0.237 e. The number of aromatic amines is 1. The van der Waals surface area contributed by atoms with E-state index >= 15 is 0 Å². The topological polar surface area (TPSA) is 75.4 Å². The molecule has 2 heterocycles. The van der Waals surface area contributed by atoms with Crippen molar-refractivity contribution in [1.29, 1.82) is 0 Å². The third kappa shape index (κ3) is 5.58. The number of methoxy groups -OCH3 is 2. The molecule has 1 amide bonds. The second-order valence-electron chi connectivity index (χ2n) is 8.15. The molecule has 0 aliphatic carbocycles. The lowest BCUT2D eigenvalue weighted by atomic mass is 9.98. The van der Waals surface area contributed by atoms with Crippen LogP contribution in [0.25, 0.3) is 10.9 Å². The number of carbonyl (C=O) groups is 1. The molecule has 3 N–H and O–H groups in total. The Morgan fingerprint density at radius 1 is 0.941 bits per heavy atom. The van der Waals surface area contributed by atoms with Crippen LogP contribution >= 0.6 is 0 Å². The maximum atomic E-state index is 12.7. The largest absolute Gasteiger partial charge is 0.493 e. The summed E-state index contributed by atoms with van der Waals surface area (Å²) >= 11 is 0. The molecule has 176 valence electrons. The summed E-state index contributed by atoms with van der Waals surface area (Å²) in [5.74, 6) is 1.44. The number of benzene rings is 3. The maximum absolute atomic E-state index is 12.7. The summed E-state index contributed by atoms with van der Waals surface area (Å²) in [6.07, 6.45) is 1.43. The molecule has 1 aromatic heterocycles. The van der Waals surface area contributed by atoms with Gasteiger partial charge < -0.3 is 19.8 Å². The molecule has 1 aliphatic rings. The zero-order chi connectivity index (χ0) is 23.8. The van der Waals surface area contributed by atoms with E-state index in [4.69, 9.17) is 9.47 Å². The normalized spacial score (nSPS) is 14.5. The number of hydrogen-bond acceptors (Lipinski definition) is 4. The number of aromatic nitrogens is 1. The fraction of sp³-hybridized carbons (Fsp3) is 0.250. The molecule has 0 spiro atoms. The van der Waals surface area contributed by atoms with Crippen LogP contribution in [-0.4, -0.2) is 37.7 Å². The number of H-pyrrole nitrogens is 1. The molecular weight excluding hydrogens is 426 g/mol. The molecule has 0 unspecified atom stereocenters. The van der Waals surface area contributed by atoms with Crippen LogP contribution in [-0.2, 0) is 24.2 Å². The van der Waals surface area contributed by atoms with Crippen LogP contribution in [0.5, 0.6) is 11.5 Å². The van der Waals surface area contributed by atoms with E-state index in [0.29, 0.717) is 31.0 Å². The molecule has 6 heteroatoms. The third-order valence-electron chi connectivity index (χ3n) is 5.98. The molecule has 6 nitrogen and oxygen atoms in total. The van der Waals surface area contributed by atoms with E-state index in [1.165, 1.54) is 16.6 Å². The lowest BCUT2D eigenvalue weighted by Gasteiger charge is -2.23. The number of fused-ring (bicyclic) bond motifs is 3. The van der Waals surface area contributed by atoms with Crippen molar-refractivity contribution in [2.45, 2.75) is 25.4 Å². The number of rotatable bonds is 6. The minimum atomic E-state index is -0.211. The Morgan fingerprint density at radius 3 is 2.35 bits per heavy atom. The number of nitrogens with one attached hydrogen (secondary N) is 3. The van der Waals surface area contributed by atoms with Gasteiger partial charge in [-0.1, -0.05) is 60.7 Å². The van der Waals surface area contributed by atoms with Crippen molar-refractivity contribution < 1.29 is 14.3 Å². The number of ether oxygens (including phenoxy) is 2. The molecule has 1 atom stereocenters. The summed E-state index contributed by atoms with van der Waals surface area (Å²) in [7, 11) is 3.24. The van der Waals surface area contributed by atoms with Crippen LogP contribution in [0.1, 0.15) is 16.8 Å². The molecule has 1 aliphatic heterocycles. The standard InChI is InChI=1S/C22H25N3O3.C6H6/c1-27-20-8-7-14(11-21(20)28-2)9-10-23-22(26)18-12-16-15-5-3-4-6-17(15)25-19(16)13-24-18;1-2-4-6-5-3-1/h3-8,11,18,24-25H,9-10,12-13H2,1-2H3,(H,23,26);1-6H/t18-;/m0./s1. The van der Waals surface area contributed by atoms with E-state index in [9.17, 15) is 4.79 Å². The molecule has 0 saturated carbocycles. The fourth-order valence-corrected chi connectivity index (χ4v) is 4.20. The Hall–Kier alpha value is -3.77. The predicted molar refractivity (Wildman–Crippen MR) is 135 cm³/mol. The first-order valence-electron chi connectivity index (χ1n) is 11.5. The molecule has 3 aromatic carbocycles. The van der Waals surface area contributed by atoms with Crippen molar-refractivity contribution in [3.05, 3.63) is 95.7 Å². The third-order valence-corrected chi connectivity index (χ3v) is 5.98. The molecule has 5 rings (SSSR count). The van der Waals surface area contributed by atoms with Gasteiger partial charge in [0.15, 0.2) is 11.5 Å². The van der Waals surface area contributed by atoms with E-state index in [2.05, 4.69) is 27.8 Å². The summed E-state index contributed by atoms with van der Waals surface area (Å²) in [6, 6.07) is 25.9. The van der Waals surface area contributed by atoms with E-state index in [1.54, 1.807) is 14.2 Å². The van der Waals surface area contributed by atoms with Gasteiger partial charge in [-0.05, 0) is 42.2 Å². The van der Waals surface area contributed by atoms with Crippen molar-refractivity contribution in [2.24, 2.45) is 0 Å². The summed E-state index contributed by atoms with van der Waals surface area (Å²) < 4.78 is 10.6. The fourth-order valence-electron chi connectivity index (χ4n) is 4.20. The van der Waals surface area contributed by atoms with Crippen molar-refractivity contribution in [2.75, 3.05) is 20.8 Å². The van der Waals surface area contributed by atoms with Gasteiger partial charge in [-0.25, -0.2) is 0 Å². The average molecular weight is 458 g/mol. The van der Waals surface area contributed by atoms with Crippen molar-refractivity contribution in [1.82, 2.24) is 15.6 Å². The van der Waals surface area contributed by atoms with Crippen LogP contribution in [0.3, 0.4) is 0 Å². The van der Waals surface area contributed by atoms with Gasteiger partial charge in [-0.3, -0.25) is 10.1 Å². The second kappa shape index (κ2) is 11.4. The molecule has 0 fully saturated rings. The average Bonchev–Trinajstić information content (AvgIpc) is 3.28. The Bertz CT molecular complexity index is 1190. The van der Waals surface area contributed by atoms with Gasteiger partial charge in [0.05, 0.1) is 20.3 Å². The SMILES string of the molecule is COc1ccc(CCNC(=O)[C@@H]2Cc3c([nH]c4ccccc34)CN2)cc1OC.c1ccccc1. The van der Waals surface area contributed by atoms with Crippen LogP contribution in [0.4, 0.5) is 0 Å². The smallest absolute Gasteiger partial charge is 0.237 e. The van der Waals surface area contributed by atoms with Gasteiger partial charge in [0.25, 0.3) is 0 Å². The first-order valence-corrected chi connectivity index (χ1v) is 11.5. The monoisotopic (exact) mass is 457 g/mol. The molecule has 0 radical (unpaired) electrons. The molecule has 4 aromatic rings. The molecule has 34 heavy (non-hydrogen) atoms. The quantitative estimate of drug-likeness (QED) is 0.405. The molecular formula is C28H31N3O3. The number of hydrogen-bond donors (Lipinski definition) is 3. The number of para-hydroxylation sites is 1. The Balaban J connectivity index is 0.000000398. The highest BCUT2D eigenvalue weighted by Crippen LogP contribution is 2.28. The minimum Gasteiger partial charge on any atom is -0.493 e. The van der Waals surface area contributed by atoms with Gasteiger partial charge in [-0.2, -0.15) is 0 Å². The van der Waals surface area contributed by atoms with Gasteiger partial charge in [0, 0.05) is 29.7 Å². The van der Waals surface area contributed by atoms with E-state index in [-0.39, 0.29) is 11.9 Å². The van der Waals surface area contributed by atoms with Crippen molar-refractivity contribution >= 4 is 16.8 Å². The highest BCUT2D eigenvalue weighted by molar-refractivity contribution is 5.88. The Labute approximate surface area is 200 Å². The second-order valence-corrected chi connectivity index (χ2v) is 8.15. The number of carbonyl (C=O) groups excluding carboxylic acids is 1. The Kier molecular flexibility index (Phi) is 7.83. The highest BCUT2D eigenvalue weighted by Gasteiger charge is 2.26. The zero-order valence-electron chi connectivity index (χ0n) is 19.6. The summed E-state index contributed by atoms with van der Waals surface area (Å²) in [4.78, 5) is 16.1. The van der Waals surface area contributed by atoms with Crippen LogP contribution in [0.2, 0.25) is 0 Å². The minimum absolute atomic E-state index is 0.0383. The highest BCUT2D eigenvalue weighted by atomic mass is 16.5. The molecule has 0 bridgehead atoms. The van der Waals surface area contributed by atoms with Crippen molar-refractivity contribution in [3.8, 4) is 11.5 Å². The lowest BCUT2D eigenvalue weighted by Crippen LogP contribution is -2.48. The van der Waals surface area contributed by atoms with E-state index < -0.39 is 0 Å². The van der Waals surface area contributed by atoms with Gasteiger partial charge in [0.2, 0.25) is 5.91 Å². The Morgan fingerprint density at radius 2 is 1.65 bits per heavy atom. The zero-order valence-corrected chi connectivity index (χ0v) is 19.6. The van der Waals surface area contributed by atoms with E-state index in [1.807, 2.05) is 66.7 Å². The van der Waals surface area contributed by atoms with E-state index in [0.717, 1.165) is 17.5 Å². The van der Waals surface area contributed by atoms with Gasteiger partial charge in [0.1, 0.15) is 0 Å². The first kappa shape index (κ1) is 23.4. The lowest BCUT2D eigenvalue weighted by molar-refractivity contribution is -0.123. The summed E-state index contributed by atoms with van der Waals surface area (Å²) in [6.45, 7) is 1.25. The van der Waals surface area contributed by atoms with Crippen LogP contribution in [0, 0.1) is 0 Å². The summed E-state index contributed by atoms with van der Waals surface area (Å²) in [5.41, 5.74) is 4.64. The number of amides is 1. The van der Waals surface area contributed by atoms with Crippen molar-refractivity contribution in [3.63, 3.8) is 0 Å². The van der Waals surface area contributed by atoms with Gasteiger partial charge >= 0.3 is 0 Å². The van der Waals surface area contributed by atoms with Crippen LogP contribution in [0.15, 0.2) is 78.9 Å². The predicted octanol–water partition coefficient (Wildman–Crippen LogP) is 4.24. The molecule has 0 saturated heterocycles. The first-order chi connectivity index (χ1) is 16.7. The van der Waals surface area contributed by atoms with Crippen LogP contribution < -0.4 is 20.1 Å². The van der Waals surface area contributed by atoms with Gasteiger partial charge in [-0.15, -0.1) is 0 Å². The summed E-state index contributed by atoms with van der Waals surface area (Å²) in [5, 5.41) is 7.60.